The summed E-state index contributed by atoms with van der Waals surface area (Å²) in [6.07, 6.45) is 3.47. The molecular formula is C13H23N3OS. The zero-order chi connectivity index (χ0) is 13.4. The molecule has 1 rings (SSSR count). The van der Waals surface area contributed by atoms with Crippen molar-refractivity contribution in [3.05, 3.63) is 22.1 Å². The highest BCUT2D eigenvalue weighted by Gasteiger charge is 2.08. The van der Waals surface area contributed by atoms with E-state index >= 15 is 0 Å². The molecule has 1 aromatic rings. The lowest BCUT2D eigenvalue weighted by atomic mass is 10.2. The number of thioether (sulfide) groups is 1. The van der Waals surface area contributed by atoms with Crippen molar-refractivity contribution in [2.45, 2.75) is 51.2 Å². The van der Waals surface area contributed by atoms with Gasteiger partial charge >= 0.3 is 0 Å². The number of rotatable bonds is 8. The van der Waals surface area contributed by atoms with Gasteiger partial charge in [0.05, 0.1) is 0 Å². The average molecular weight is 269 g/mol. The fraction of sp³-hybridized carbons (Fsp3) is 0.692. The predicted octanol–water partition coefficient (Wildman–Crippen LogP) is 2.34. The Balaban J connectivity index is 2.52. The maximum Gasteiger partial charge on any atom is 0.251 e. The zero-order valence-corrected chi connectivity index (χ0v) is 12.3. The van der Waals surface area contributed by atoms with Gasteiger partial charge in [0.1, 0.15) is 0 Å². The van der Waals surface area contributed by atoms with E-state index in [9.17, 15) is 4.79 Å². The van der Waals surface area contributed by atoms with E-state index in [1.165, 1.54) is 12.5 Å². The number of hydrogen-bond acceptors (Lipinski definition) is 4. The van der Waals surface area contributed by atoms with E-state index < -0.39 is 0 Å². The SMILES string of the molecule is CCCNC(CCC)CSc1nc(C)cc(=O)[nH]1. The van der Waals surface area contributed by atoms with Crippen LogP contribution in [0.4, 0.5) is 0 Å². The van der Waals surface area contributed by atoms with E-state index in [2.05, 4.69) is 29.1 Å². The smallest absolute Gasteiger partial charge is 0.251 e. The third-order valence-corrected chi connectivity index (χ3v) is 3.63. The summed E-state index contributed by atoms with van der Waals surface area (Å²) < 4.78 is 0. The molecule has 102 valence electrons. The quantitative estimate of drug-likeness (QED) is 0.562. The molecule has 0 aromatic carbocycles. The van der Waals surface area contributed by atoms with Crippen LogP contribution in [-0.2, 0) is 0 Å². The van der Waals surface area contributed by atoms with Gasteiger partial charge in [0.25, 0.3) is 5.56 Å². The normalized spacial score (nSPS) is 12.6. The van der Waals surface area contributed by atoms with Gasteiger partial charge in [0.2, 0.25) is 0 Å². The number of nitrogens with one attached hydrogen (secondary N) is 2. The van der Waals surface area contributed by atoms with Gasteiger partial charge in [-0.2, -0.15) is 0 Å². The van der Waals surface area contributed by atoms with Crippen LogP contribution in [-0.4, -0.2) is 28.3 Å². The van der Waals surface area contributed by atoms with Gasteiger partial charge in [-0.1, -0.05) is 32.0 Å². The number of hydrogen-bond donors (Lipinski definition) is 2. The Bertz CT molecular complexity index is 405. The molecule has 0 spiro atoms. The standard InChI is InChI=1S/C13H23N3OS/c1-4-6-11(14-7-5-2)9-18-13-15-10(3)8-12(17)16-13/h8,11,14H,4-7,9H2,1-3H3,(H,15,16,17). The van der Waals surface area contributed by atoms with E-state index in [1.54, 1.807) is 11.8 Å². The molecule has 2 N–H and O–H groups in total. The molecule has 0 aliphatic rings. The zero-order valence-electron chi connectivity index (χ0n) is 11.5. The molecule has 4 nitrogen and oxygen atoms in total. The lowest BCUT2D eigenvalue weighted by molar-refractivity contribution is 0.514. The van der Waals surface area contributed by atoms with Crippen LogP contribution in [0.25, 0.3) is 0 Å². The highest BCUT2D eigenvalue weighted by atomic mass is 32.2. The van der Waals surface area contributed by atoms with Gasteiger partial charge in [0.15, 0.2) is 5.16 Å². The molecule has 1 aromatic heterocycles. The molecule has 0 saturated carbocycles. The summed E-state index contributed by atoms with van der Waals surface area (Å²) in [5.74, 6) is 0.945. The van der Waals surface area contributed by atoms with Gasteiger partial charge < -0.3 is 10.3 Å². The minimum atomic E-state index is -0.0708. The summed E-state index contributed by atoms with van der Waals surface area (Å²) in [5, 5.41) is 4.25. The summed E-state index contributed by atoms with van der Waals surface area (Å²) in [7, 11) is 0. The average Bonchev–Trinajstić information content (AvgIpc) is 2.31. The first-order valence-corrected chi connectivity index (χ1v) is 7.58. The topological polar surface area (TPSA) is 57.8 Å². The van der Waals surface area contributed by atoms with Crippen molar-refractivity contribution in [3.63, 3.8) is 0 Å². The fourth-order valence-corrected chi connectivity index (χ4v) is 2.77. The monoisotopic (exact) mass is 269 g/mol. The second-order valence-corrected chi connectivity index (χ2v) is 5.45. The molecule has 1 unspecified atom stereocenters. The first-order chi connectivity index (χ1) is 8.65. The molecule has 0 fully saturated rings. The summed E-state index contributed by atoms with van der Waals surface area (Å²) in [5.41, 5.74) is 0.702. The van der Waals surface area contributed by atoms with Crippen molar-refractivity contribution in [2.24, 2.45) is 0 Å². The Morgan fingerprint density at radius 1 is 1.44 bits per heavy atom. The molecule has 0 aliphatic carbocycles. The Hall–Kier alpha value is -0.810. The van der Waals surface area contributed by atoms with Crippen LogP contribution in [0.15, 0.2) is 16.0 Å². The maximum atomic E-state index is 11.3. The van der Waals surface area contributed by atoms with E-state index in [1.807, 2.05) is 6.92 Å². The van der Waals surface area contributed by atoms with Crippen LogP contribution in [0, 0.1) is 6.92 Å². The molecule has 18 heavy (non-hydrogen) atoms. The summed E-state index contributed by atoms with van der Waals surface area (Å²) in [6, 6.07) is 2.01. The highest BCUT2D eigenvalue weighted by molar-refractivity contribution is 7.99. The van der Waals surface area contributed by atoms with E-state index in [0.29, 0.717) is 6.04 Å². The van der Waals surface area contributed by atoms with Crippen LogP contribution in [0.2, 0.25) is 0 Å². The number of aromatic amines is 1. The highest BCUT2D eigenvalue weighted by Crippen LogP contribution is 2.14. The number of H-pyrrole nitrogens is 1. The molecule has 0 saturated heterocycles. The molecule has 0 aliphatic heterocycles. The van der Waals surface area contributed by atoms with E-state index in [4.69, 9.17) is 0 Å². The lowest BCUT2D eigenvalue weighted by Crippen LogP contribution is -2.32. The Morgan fingerprint density at radius 3 is 2.83 bits per heavy atom. The van der Waals surface area contributed by atoms with Crippen LogP contribution in [0.1, 0.15) is 38.8 Å². The second-order valence-electron chi connectivity index (χ2n) is 4.44. The maximum absolute atomic E-state index is 11.3. The number of aryl methyl sites for hydroxylation is 1. The molecule has 5 heteroatoms. The Morgan fingerprint density at radius 2 is 2.22 bits per heavy atom. The van der Waals surface area contributed by atoms with Gasteiger partial charge in [-0.15, -0.1) is 0 Å². The van der Waals surface area contributed by atoms with Crippen molar-refractivity contribution in [2.75, 3.05) is 12.3 Å². The summed E-state index contributed by atoms with van der Waals surface area (Å²) in [6.45, 7) is 7.25. The van der Waals surface area contributed by atoms with Crippen LogP contribution in [0.5, 0.6) is 0 Å². The second kappa shape index (κ2) is 8.32. The molecule has 0 amide bonds. The van der Waals surface area contributed by atoms with Crippen molar-refractivity contribution in [1.82, 2.24) is 15.3 Å². The van der Waals surface area contributed by atoms with Crippen LogP contribution < -0.4 is 10.9 Å². The Kier molecular flexibility index (Phi) is 7.05. The molecule has 0 bridgehead atoms. The van der Waals surface area contributed by atoms with Crippen molar-refractivity contribution < 1.29 is 0 Å². The van der Waals surface area contributed by atoms with Crippen LogP contribution in [0.3, 0.4) is 0 Å². The summed E-state index contributed by atoms with van der Waals surface area (Å²) in [4.78, 5) is 18.4. The summed E-state index contributed by atoms with van der Waals surface area (Å²) >= 11 is 1.62. The van der Waals surface area contributed by atoms with E-state index in [-0.39, 0.29) is 5.56 Å². The molecule has 1 atom stereocenters. The van der Waals surface area contributed by atoms with Gasteiger partial charge in [-0.25, -0.2) is 4.98 Å². The first kappa shape index (κ1) is 15.2. The third-order valence-electron chi connectivity index (χ3n) is 2.59. The van der Waals surface area contributed by atoms with Crippen LogP contribution >= 0.6 is 11.8 Å². The minimum absolute atomic E-state index is 0.0708. The first-order valence-electron chi connectivity index (χ1n) is 6.59. The number of nitrogens with zero attached hydrogens (tertiary/aromatic N) is 1. The molecule has 0 radical (unpaired) electrons. The Labute approximate surface area is 113 Å². The van der Waals surface area contributed by atoms with Gasteiger partial charge in [-0.05, 0) is 26.3 Å². The minimum Gasteiger partial charge on any atom is -0.313 e. The van der Waals surface area contributed by atoms with Crippen molar-refractivity contribution in [1.29, 1.82) is 0 Å². The van der Waals surface area contributed by atoms with Gasteiger partial charge in [-0.3, -0.25) is 4.79 Å². The van der Waals surface area contributed by atoms with Crippen molar-refractivity contribution >= 4 is 11.8 Å². The third kappa shape index (κ3) is 5.69. The largest absolute Gasteiger partial charge is 0.313 e. The fourth-order valence-electron chi connectivity index (χ4n) is 1.74. The lowest BCUT2D eigenvalue weighted by Gasteiger charge is -2.16. The molecule has 1 heterocycles. The van der Waals surface area contributed by atoms with E-state index in [0.717, 1.165) is 36.0 Å². The molecular weight excluding hydrogens is 246 g/mol. The number of aromatic nitrogens is 2. The van der Waals surface area contributed by atoms with Gasteiger partial charge in [0, 0.05) is 23.6 Å². The predicted molar refractivity (Wildman–Crippen MR) is 77.3 cm³/mol. The van der Waals surface area contributed by atoms with Crippen molar-refractivity contribution in [3.8, 4) is 0 Å².